The maximum absolute atomic E-state index is 13.0. The zero-order chi connectivity index (χ0) is 14.0. The average molecular weight is 350 g/mol. The van der Waals surface area contributed by atoms with E-state index in [9.17, 15) is 12.8 Å². The molecule has 1 aromatic rings. The van der Waals surface area contributed by atoms with Gasteiger partial charge in [-0.25, -0.2) is 12.8 Å². The number of rotatable bonds is 3. The summed E-state index contributed by atoms with van der Waals surface area (Å²) in [4.78, 5) is 0. The van der Waals surface area contributed by atoms with Gasteiger partial charge in [0.15, 0.2) is 9.84 Å². The van der Waals surface area contributed by atoms with E-state index in [4.69, 9.17) is 0 Å². The molecule has 3 nitrogen and oxygen atoms in total. The Kier molecular flexibility index (Phi) is 4.63. The third-order valence-electron chi connectivity index (χ3n) is 3.38. The average Bonchev–Trinajstić information content (AvgIpc) is 2.27. The van der Waals surface area contributed by atoms with Gasteiger partial charge in [-0.3, -0.25) is 0 Å². The largest absolute Gasteiger partial charge is 0.306 e. The third-order valence-corrected chi connectivity index (χ3v) is 5.89. The van der Waals surface area contributed by atoms with Crippen molar-refractivity contribution in [1.29, 1.82) is 0 Å². The van der Waals surface area contributed by atoms with Gasteiger partial charge in [-0.2, -0.15) is 0 Å². The van der Waals surface area contributed by atoms with Gasteiger partial charge in [0.2, 0.25) is 0 Å². The minimum absolute atomic E-state index is 0.0201. The number of hydrogen-bond donors (Lipinski definition) is 1. The van der Waals surface area contributed by atoms with Crippen LogP contribution in [0.25, 0.3) is 0 Å². The van der Waals surface area contributed by atoms with E-state index in [1.54, 1.807) is 6.07 Å². The number of sulfone groups is 1. The first-order chi connectivity index (χ1) is 8.87. The fraction of sp³-hybridized carbons (Fsp3) is 0.538. The highest BCUT2D eigenvalue weighted by Crippen LogP contribution is 2.25. The fourth-order valence-electron chi connectivity index (χ4n) is 2.45. The first kappa shape index (κ1) is 14.9. The van der Waals surface area contributed by atoms with Crippen LogP contribution < -0.4 is 5.32 Å². The van der Waals surface area contributed by atoms with Gasteiger partial charge in [0.1, 0.15) is 5.82 Å². The second-order valence-electron chi connectivity index (χ2n) is 5.01. The molecule has 2 rings (SSSR count). The first-order valence-electron chi connectivity index (χ1n) is 6.29. The van der Waals surface area contributed by atoms with E-state index in [1.807, 2.05) is 6.92 Å². The van der Waals surface area contributed by atoms with E-state index < -0.39 is 9.84 Å². The standard InChI is InChI=1S/C13H17BrFNO2S/c1-9(12-5-4-10(15)7-13(12)14)16-11-3-2-6-19(17,18)8-11/h4-5,7,9,11,16H,2-3,6,8H2,1H3. The Morgan fingerprint density at radius 2 is 2.21 bits per heavy atom. The lowest BCUT2D eigenvalue weighted by Gasteiger charge is -2.27. The number of halogens is 2. The highest BCUT2D eigenvalue weighted by molar-refractivity contribution is 9.10. The van der Waals surface area contributed by atoms with E-state index in [1.165, 1.54) is 12.1 Å². The van der Waals surface area contributed by atoms with Crippen LogP contribution in [-0.2, 0) is 9.84 Å². The van der Waals surface area contributed by atoms with Crippen LogP contribution >= 0.6 is 15.9 Å². The molecular weight excluding hydrogens is 333 g/mol. The molecule has 1 aliphatic rings. The monoisotopic (exact) mass is 349 g/mol. The van der Waals surface area contributed by atoms with Crippen molar-refractivity contribution in [3.8, 4) is 0 Å². The van der Waals surface area contributed by atoms with Gasteiger partial charge in [-0.1, -0.05) is 22.0 Å². The van der Waals surface area contributed by atoms with Crippen molar-refractivity contribution in [2.45, 2.75) is 31.8 Å². The molecule has 1 aliphatic heterocycles. The summed E-state index contributed by atoms with van der Waals surface area (Å²) in [6.45, 7) is 1.96. The van der Waals surface area contributed by atoms with Gasteiger partial charge in [0.25, 0.3) is 0 Å². The molecule has 1 heterocycles. The van der Waals surface area contributed by atoms with Crippen LogP contribution in [0.5, 0.6) is 0 Å². The Morgan fingerprint density at radius 3 is 2.84 bits per heavy atom. The zero-order valence-corrected chi connectivity index (χ0v) is 13.1. The molecule has 0 bridgehead atoms. The van der Waals surface area contributed by atoms with Gasteiger partial charge in [0, 0.05) is 16.6 Å². The van der Waals surface area contributed by atoms with Crippen LogP contribution in [0.2, 0.25) is 0 Å². The van der Waals surface area contributed by atoms with E-state index in [0.717, 1.165) is 12.0 Å². The Bertz CT molecular complexity index is 562. The molecule has 0 radical (unpaired) electrons. The van der Waals surface area contributed by atoms with Crippen LogP contribution in [0.15, 0.2) is 22.7 Å². The minimum Gasteiger partial charge on any atom is -0.306 e. The van der Waals surface area contributed by atoms with E-state index in [0.29, 0.717) is 16.6 Å². The second-order valence-corrected chi connectivity index (χ2v) is 8.09. The molecule has 106 valence electrons. The molecule has 2 unspecified atom stereocenters. The minimum atomic E-state index is -2.91. The molecule has 6 heteroatoms. The summed E-state index contributed by atoms with van der Waals surface area (Å²) in [5.74, 6) is 0.193. The summed E-state index contributed by atoms with van der Waals surface area (Å²) >= 11 is 3.34. The quantitative estimate of drug-likeness (QED) is 0.912. The van der Waals surface area contributed by atoms with Gasteiger partial charge in [-0.15, -0.1) is 0 Å². The maximum Gasteiger partial charge on any atom is 0.151 e. The highest BCUT2D eigenvalue weighted by Gasteiger charge is 2.26. The predicted molar refractivity (Wildman–Crippen MR) is 77.3 cm³/mol. The number of nitrogens with one attached hydrogen (secondary N) is 1. The summed E-state index contributed by atoms with van der Waals surface area (Å²) < 4.78 is 36.9. The molecule has 0 aromatic heterocycles. The van der Waals surface area contributed by atoms with Crippen molar-refractivity contribution in [3.05, 3.63) is 34.1 Å². The van der Waals surface area contributed by atoms with E-state index >= 15 is 0 Å². The van der Waals surface area contributed by atoms with Crippen LogP contribution in [-0.4, -0.2) is 26.0 Å². The third kappa shape index (κ3) is 4.00. The molecule has 2 atom stereocenters. The Labute approximate surface area is 121 Å². The summed E-state index contributed by atoms with van der Waals surface area (Å²) in [6.07, 6.45) is 1.57. The van der Waals surface area contributed by atoms with Crippen molar-refractivity contribution in [2.75, 3.05) is 11.5 Å². The zero-order valence-electron chi connectivity index (χ0n) is 10.7. The van der Waals surface area contributed by atoms with E-state index in [2.05, 4.69) is 21.2 Å². The second kappa shape index (κ2) is 5.89. The van der Waals surface area contributed by atoms with Gasteiger partial charge >= 0.3 is 0 Å². The molecule has 0 aliphatic carbocycles. The molecule has 19 heavy (non-hydrogen) atoms. The molecular formula is C13H17BrFNO2S. The van der Waals surface area contributed by atoms with Crippen molar-refractivity contribution in [3.63, 3.8) is 0 Å². The smallest absolute Gasteiger partial charge is 0.151 e. The lowest BCUT2D eigenvalue weighted by atomic mass is 10.1. The molecule has 1 aromatic carbocycles. The fourth-order valence-corrected chi connectivity index (χ4v) is 4.79. The Hall–Kier alpha value is -0.460. The summed E-state index contributed by atoms with van der Waals surface area (Å²) in [6, 6.07) is 4.51. The Balaban J connectivity index is 2.06. The summed E-state index contributed by atoms with van der Waals surface area (Å²) in [5, 5.41) is 3.32. The summed E-state index contributed by atoms with van der Waals surface area (Å²) in [5.41, 5.74) is 0.935. The normalized spacial score (nSPS) is 24.1. The summed E-state index contributed by atoms with van der Waals surface area (Å²) in [7, 11) is -2.91. The molecule has 1 fully saturated rings. The molecule has 0 amide bonds. The number of benzene rings is 1. The molecule has 1 N–H and O–H groups in total. The topological polar surface area (TPSA) is 46.2 Å². The van der Waals surface area contributed by atoms with Crippen LogP contribution in [0.3, 0.4) is 0 Å². The molecule has 0 saturated carbocycles. The first-order valence-corrected chi connectivity index (χ1v) is 8.90. The van der Waals surface area contributed by atoms with Crippen molar-refractivity contribution in [1.82, 2.24) is 5.32 Å². The van der Waals surface area contributed by atoms with Crippen LogP contribution in [0.4, 0.5) is 4.39 Å². The lowest BCUT2D eigenvalue weighted by molar-refractivity contribution is 0.436. The van der Waals surface area contributed by atoms with Gasteiger partial charge in [-0.05, 0) is 37.5 Å². The molecule has 1 saturated heterocycles. The van der Waals surface area contributed by atoms with Crippen molar-refractivity contribution >= 4 is 25.8 Å². The van der Waals surface area contributed by atoms with Crippen molar-refractivity contribution < 1.29 is 12.8 Å². The van der Waals surface area contributed by atoms with Crippen molar-refractivity contribution in [2.24, 2.45) is 0 Å². The Morgan fingerprint density at radius 1 is 1.47 bits per heavy atom. The molecule has 0 spiro atoms. The predicted octanol–water partition coefficient (Wildman–Crippen LogP) is 2.82. The van der Waals surface area contributed by atoms with E-state index in [-0.39, 0.29) is 23.7 Å². The SMILES string of the molecule is CC(NC1CCCS(=O)(=O)C1)c1ccc(F)cc1Br. The van der Waals surface area contributed by atoms with Gasteiger partial charge < -0.3 is 5.32 Å². The maximum atomic E-state index is 13.0. The van der Waals surface area contributed by atoms with Gasteiger partial charge in [0.05, 0.1) is 11.5 Å². The highest BCUT2D eigenvalue weighted by atomic mass is 79.9. The number of hydrogen-bond acceptors (Lipinski definition) is 3. The lowest BCUT2D eigenvalue weighted by Crippen LogP contribution is -2.41. The van der Waals surface area contributed by atoms with Crippen LogP contribution in [0, 0.1) is 5.82 Å². The van der Waals surface area contributed by atoms with Crippen LogP contribution in [0.1, 0.15) is 31.4 Å².